The number of benzene rings is 1. The van der Waals surface area contributed by atoms with E-state index in [4.69, 9.17) is 4.74 Å². The number of ether oxygens (including phenoxy) is 1. The smallest absolute Gasteiger partial charge is 0.381 e. The SMILES string of the molecule is O=C(NC1CCOCC1)N1CCC2c3ccc(C(F)(C(F)(F)F)C(F)(F)F)cc3CCC21. The second-order valence-electron chi connectivity index (χ2n) is 8.60. The summed E-state index contributed by atoms with van der Waals surface area (Å²) in [6, 6.07) is 2.02. The number of rotatable bonds is 2. The summed E-state index contributed by atoms with van der Waals surface area (Å²) in [4.78, 5) is 14.5. The minimum Gasteiger partial charge on any atom is -0.381 e. The molecule has 4 nitrogen and oxygen atoms in total. The quantitative estimate of drug-likeness (QED) is 0.623. The monoisotopic (exact) mass is 468 g/mol. The molecule has 4 rings (SSSR count). The molecule has 2 aliphatic heterocycles. The number of hydrogen-bond donors (Lipinski definition) is 1. The third kappa shape index (κ3) is 3.82. The highest BCUT2D eigenvalue weighted by atomic mass is 19.4. The van der Waals surface area contributed by atoms with Crippen LogP contribution in [-0.2, 0) is 16.8 Å². The van der Waals surface area contributed by atoms with Crippen LogP contribution in [0.2, 0.25) is 0 Å². The van der Waals surface area contributed by atoms with E-state index in [-0.39, 0.29) is 36.0 Å². The lowest BCUT2D eigenvalue weighted by Gasteiger charge is -2.36. The van der Waals surface area contributed by atoms with Crippen molar-refractivity contribution < 1.29 is 40.3 Å². The van der Waals surface area contributed by atoms with Gasteiger partial charge in [-0.15, -0.1) is 0 Å². The molecule has 11 heteroatoms. The summed E-state index contributed by atoms with van der Waals surface area (Å²) in [5.41, 5.74) is -6.04. The highest BCUT2D eigenvalue weighted by molar-refractivity contribution is 5.75. The Hall–Kier alpha value is -2.04. The number of amides is 2. The molecule has 2 atom stereocenters. The molecule has 0 spiro atoms. The second-order valence-corrected chi connectivity index (χ2v) is 8.60. The first-order valence-corrected chi connectivity index (χ1v) is 10.5. The lowest BCUT2D eigenvalue weighted by atomic mass is 9.77. The molecular weight excluding hydrogens is 445 g/mol. The van der Waals surface area contributed by atoms with Crippen LogP contribution in [0.1, 0.15) is 48.3 Å². The minimum atomic E-state index is -6.14. The maximum Gasteiger partial charge on any atom is 0.435 e. The van der Waals surface area contributed by atoms with Crippen LogP contribution in [0.5, 0.6) is 0 Å². The topological polar surface area (TPSA) is 41.6 Å². The Morgan fingerprint density at radius 3 is 2.25 bits per heavy atom. The molecule has 2 unspecified atom stereocenters. The predicted octanol–water partition coefficient (Wildman–Crippen LogP) is 4.97. The fraction of sp³-hybridized carbons (Fsp3) is 0.667. The van der Waals surface area contributed by atoms with Gasteiger partial charge in [-0.3, -0.25) is 0 Å². The molecule has 0 radical (unpaired) electrons. The third-order valence-corrected chi connectivity index (χ3v) is 6.79. The zero-order valence-corrected chi connectivity index (χ0v) is 17.0. The molecule has 178 valence electrons. The fourth-order valence-electron chi connectivity index (χ4n) is 5.11. The standard InChI is InChI=1S/C21H23F7N2O2/c22-19(20(23,24)25,21(26,27)28)13-2-3-15-12(11-13)1-4-17-16(15)5-8-30(17)18(31)29-14-6-9-32-10-7-14/h2-3,11,14,16-17H,1,4-10H2,(H,29,31). The Kier molecular flexibility index (Phi) is 5.83. The number of likely N-dealkylation sites (tertiary alicyclic amines) is 1. The first kappa shape index (κ1) is 23.1. The number of carbonyl (C=O) groups is 1. The average molecular weight is 468 g/mol. The summed E-state index contributed by atoms with van der Waals surface area (Å²) < 4.78 is 98.4. The van der Waals surface area contributed by atoms with E-state index >= 15 is 0 Å². The van der Waals surface area contributed by atoms with Gasteiger partial charge in [0.2, 0.25) is 0 Å². The zero-order valence-electron chi connectivity index (χ0n) is 17.0. The molecule has 1 aromatic carbocycles. The molecule has 0 bridgehead atoms. The van der Waals surface area contributed by atoms with Crippen molar-refractivity contribution in [3.63, 3.8) is 0 Å². The predicted molar refractivity (Wildman–Crippen MR) is 99.9 cm³/mol. The molecule has 1 aliphatic carbocycles. The number of nitrogens with zero attached hydrogens (tertiary/aromatic N) is 1. The summed E-state index contributed by atoms with van der Waals surface area (Å²) in [5.74, 6) is -0.209. The van der Waals surface area contributed by atoms with Crippen molar-refractivity contribution in [2.45, 2.75) is 68.1 Å². The van der Waals surface area contributed by atoms with Crippen molar-refractivity contribution in [3.05, 3.63) is 34.9 Å². The summed E-state index contributed by atoms with van der Waals surface area (Å²) in [6.45, 7) is 1.57. The van der Waals surface area contributed by atoms with Gasteiger partial charge in [0.1, 0.15) is 0 Å². The maximum atomic E-state index is 14.4. The molecule has 2 fully saturated rings. The van der Waals surface area contributed by atoms with Gasteiger partial charge in [0.15, 0.2) is 0 Å². The van der Waals surface area contributed by atoms with Gasteiger partial charge >= 0.3 is 24.1 Å². The lowest BCUT2D eigenvalue weighted by Crippen LogP contribution is -2.50. The first-order valence-electron chi connectivity index (χ1n) is 10.5. The van der Waals surface area contributed by atoms with Crippen molar-refractivity contribution >= 4 is 6.03 Å². The number of urea groups is 1. The fourth-order valence-corrected chi connectivity index (χ4v) is 5.11. The van der Waals surface area contributed by atoms with Gasteiger partial charge in [0.25, 0.3) is 0 Å². The molecule has 3 aliphatic rings. The number of carbonyl (C=O) groups excluding carboxylic acids is 1. The van der Waals surface area contributed by atoms with Crippen molar-refractivity contribution in [3.8, 4) is 0 Å². The van der Waals surface area contributed by atoms with Crippen LogP contribution in [-0.4, -0.2) is 55.1 Å². The molecular formula is C21H23F7N2O2. The van der Waals surface area contributed by atoms with E-state index < -0.39 is 23.6 Å². The molecule has 2 heterocycles. The maximum absolute atomic E-state index is 14.4. The number of nitrogens with one attached hydrogen (secondary N) is 1. The largest absolute Gasteiger partial charge is 0.435 e. The zero-order chi connectivity index (χ0) is 23.3. The Labute approximate surface area is 180 Å². The number of fused-ring (bicyclic) bond motifs is 3. The van der Waals surface area contributed by atoms with Crippen LogP contribution in [0.15, 0.2) is 18.2 Å². The van der Waals surface area contributed by atoms with Crippen LogP contribution >= 0.6 is 0 Å². The van der Waals surface area contributed by atoms with Gasteiger partial charge in [-0.2, -0.15) is 26.3 Å². The molecule has 0 aromatic heterocycles. The van der Waals surface area contributed by atoms with Gasteiger partial charge < -0.3 is 15.0 Å². The lowest BCUT2D eigenvalue weighted by molar-refractivity contribution is -0.348. The van der Waals surface area contributed by atoms with Crippen LogP contribution in [0, 0.1) is 0 Å². The van der Waals surface area contributed by atoms with E-state index in [0.717, 1.165) is 6.07 Å². The van der Waals surface area contributed by atoms with Gasteiger partial charge in [-0.05, 0) is 43.2 Å². The number of alkyl halides is 7. The Balaban J connectivity index is 1.55. The summed E-state index contributed by atoms with van der Waals surface area (Å²) in [6.07, 6.45) is -9.76. The highest BCUT2D eigenvalue weighted by Crippen LogP contribution is 2.54. The molecule has 2 saturated heterocycles. The van der Waals surface area contributed by atoms with E-state index in [1.165, 1.54) is 0 Å². The third-order valence-electron chi connectivity index (χ3n) is 6.79. The van der Waals surface area contributed by atoms with E-state index in [0.29, 0.717) is 63.1 Å². The number of halogens is 7. The Morgan fingerprint density at radius 1 is 0.969 bits per heavy atom. The van der Waals surface area contributed by atoms with Crippen LogP contribution in [0.25, 0.3) is 0 Å². The number of hydrogen-bond acceptors (Lipinski definition) is 2. The second kappa shape index (κ2) is 8.07. The average Bonchev–Trinajstić information content (AvgIpc) is 3.16. The van der Waals surface area contributed by atoms with Crippen molar-refractivity contribution in [1.29, 1.82) is 0 Å². The van der Waals surface area contributed by atoms with Crippen LogP contribution in [0.4, 0.5) is 35.5 Å². The van der Waals surface area contributed by atoms with E-state index in [1.54, 1.807) is 4.90 Å². The van der Waals surface area contributed by atoms with Gasteiger partial charge in [-0.25, -0.2) is 9.18 Å². The van der Waals surface area contributed by atoms with E-state index in [2.05, 4.69) is 5.32 Å². The van der Waals surface area contributed by atoms with E-state index in [9.17, 15) is 35.5 Å². The van der Waals surface area contributed by atoms with Crippen molar-refractivity contribution in [1.82, 2.24) is 10.2 Å². The Bertz CT molecular complexity index is 851. The number of aryl methyl sites for hydroxylation is 1. The van der Waals surface area contributed by atoms with Crippen LogP contribution < -0.4 is 5.32 Å². The molecule has 32 heavy (non-hydrogen) atoms. The normalized spacial score (nSPS) is 24.8. The minimum absolute atomic E-state index is 0.0103. The molecule has 0 saturated carbocycles. The molecule has 2 amide bonds. The van der Waals surface area contributed by atoms with Gasteiger partial charge in [0.05, 0.1) is 0 Å². The van der Waals surface area contributed by atoms with Crippen molar-refractivity contribution in [2.75, 3.05) is 19.8 Å². The first-order chi connectivity index (χ1) is 14.9. The van der Waals surface area contributed by atoms with Crippen molar-refractivity contribution in [2.24, 2.45) is 0 Å². The summed E-state index contributed by atoms with van der Waals surface area (Å²) in [5, 5.41) is 2.99. The molecule has 1 N–H and O–H groups in total. The van der Waals surface area contributed by atoms with Gasteiger partial charge in [0, 0.05) is 43.3 Å². The summed E-state index contributed by atoms with van der Waals surface area (Å²) in [7, 11) is 0. The van der Waals surface area contributed by atoms with Crippen LogP contribution in [0.3, 0.4) is 0 Å². The molecule has 1 aromatic rings. The Morgan fingerprint density at radius 2 is 1.62 bits per heavy atom. The highest BCUT2D eigenvalue weighted by Gasteiger charge is 2.73. The van der Waals surface area contributed by atoms with E-state index in [1.807, 2.05) is 0 Å². The summed E-state index contributed by atoms with van der Waals surface area (Å²) >= 11 is 0. The van der Waals surface area contributed by atoms with Gasteiger partial charge in [-0.1, -0.05) is 18.2 Å².